The minimum Gasteiger partial charge on any atom is -0.496 e. The van der Waals surface area contributed by atoms with Crippen molar-refractivity contribution in [1.29, 1.82) is 0 Å². The molecular formula is C26H33N3O3. The summed E-state index contributed by atoms with van der Waals surface area (Å²) in [7, 11) is 5.49. The zero-order valence-corrected chi connectivity index (χ0v) is 19.3. The summed E-state index contributed by atoms with van der Waals surface area (Å²) in [6.07, 6.45) is 7.09. The molecule has 32 heavy (non-hydrogen) atoms. The second-order valence-electron chi connectivity index (χ2n) is 9.06. The molecule has 1 saturated carbocycles. The molecule has 0 radical (unpaired) electrons. The van der Waals surface area contributed by atoms with Crippen LogP contribution in [-0.2, 0) is 0 Å². The molecule has 6 nitrogen and oxygen atoms in total. The second-order valence-corrected chi connectivity index (χ2v) is 9.06. The van der Waals surface area contributed by atoms with Crippen LogP contribution in [0, 0.1) is 5.92 Å². The highest BCUT2D eigenvalue weighted by molar-refractivity contribution is 6.05. The molecule has 6 heteroatoms. The van der Waals surface area contributed by atoms with Crippen molar-refractivity contribution in [1.82, 2.24) is 4.90 Å². The van der Waals surface area contributed by atoms with Gasteiger partial charge in [-0.3, -0.25) is 9.59 Å². The first kappa shape index (κ1) is 22.2. The number of nitrogens with one attached hydrogen (secondary N) is 1. The van der Waals surface area contributed by atoms with Gasteiger partial charge in [0.1, 0.15) is 5.75 Å². The first-order valence-corrected chi connectivity index (χ1v) is 11.6. The summed E-state index contributed by atoms with van der Waals surface area (Å²) in [4.78, 5) is 30.2. The highest BCUT2D eigenvalue weighted by atomic mass is 16.5. The first-order valence-electron chi connectivity index (χ1n) is 11.6. The number of likely N-dealkylation sites (tertiary alicyclic amines) is 1. The lowest BCUT2D eigenvalue weighted by atomic mass is 9.78. The van der Waals surface area contributed by atoms with Crippen LogP contribution in [0.25, 0.3) is 0 Å². The molecule has 0 bridgehead atoms. The molecule has 1 aliphatic heterocycles. The predicted octanol–water partition coefficient (Wildman–Crippen LogP) is 4.81. The highest BCUT2D eigenvalue weighted by Gasteiger charge is 2.36. The van der Waals surface area contributed by atoms with E-state index in [0.717, 1.165) is 25.1 Å². The van der Waals surface area contributed by atoms with Gasteiger partial charge in [0, 0.05) is 49.7 Å². The van der Waals surface area contributed by atoms with E-state index in [1.54, 1.807) is 37.4 Å². The van der Waals surface area contributed by atoms with Crippen molar-refractivity contribution >= 4 is 23.2 Å². The molecule has 0 aromatic heterocycles. The lowest BCUT2D eigenvalue weighted by molar-refractivity contribution is 0.0388. The van der Waals surface area contributed by atoms with Crippen LogP contribution in [0.5, 0.6) is 5.75 Å². The third-order valence-corrected chi connectivity index (χ3v) is 6.84. The van der Waals surface area contributed by atoms with Gasteiger partial charge < -0.3 is 19.9 Å². The number of rotatable bonds is 5. The van der Waals surface area contributed by atoms with Crippen molar-refractivity contribution in [2.75, 3.05) is 38.0 Å². The van der Waals surface area contributed by atoms with Gasteiger partial charge in [-0.05, 0) is 68.0 Å². The summed E-state index contributed by atoms with van der Waals surface area (Å²) < 4.78 is 5.56. The van der Waals surface area contributed by atoms with E-state index in [1.807, 2.05) is 31.1 Å². The molecule has 2 atom stereocenters. The predicted molar refractivity (Wildman–Crippen MR) is 128 cm³/mol. The molecule has 2 aliphatic rings. The molecule has 170 valence electrons. The molecule has 2 aromatic rings. The number of carbonyl (C=O) groups is 2. The van der Waals surface area contributed by atoms with E-state index in [2.05, 4.69) is 10.2 Å². The van der Waals surface area contributed by atoms with Crippen LogP contribution in [0.15, 0.2) is 42.5 Å². The Labute approximate surface area is 190 Å². The van der Waals surface area contributed by atoms with Crippen molar-refractivity contribution in [2.45, 2.75) is 44.6 Å². The fourth-order valence-electron chi connectivity index (χ4n) is 5.09. The normalized spacial score (nSPS) is 20.3. The standard InChI is InChI=1S/C26H33N3O3/c1-28(2)21-13-10-19(11-14-21)25(30)27-20-12-15-22(24(17-20)32-3)26(31)29-16-6-8-18-7-4-5-9-23(18)29/h10-15,17-18,23H,4-9,16H2,1-3H3,(H,27,30)/t18-,23-/m0/s1. The Kier molecular flexibility index (Phi) is 6.68. The van der Waals surface area contributed by atoms with E-state index in [0.29, 0.717) is 34.5 Å². The van der Waals surface area contributed by atoms with Crippen LogP contribution >= 0.6 is 0 Å². The van der Waals surface area contributed by atoms with Crippen LogP contribution in [-0.4, -0.2) is 50.5 Å². The van der Waals surface area contributed by atoms with Crippen LogP contribution in [0.3, 0.4) is 0 Å². The van der Waals surface area contributed by atoms with Gasteiger partial charge in [-0.1, -0.05) is 12.8 Å². The smallest absolute Gasteiger partial charge is 0.257 e. The molecule has 1 N–H and O–H groups in total. The molecule has 4 rings (SSSR count). The van der Waals surface area contributed by atoms with E-state index < -0.39 is 0 Å². The summed E-state index contributed by atoms with van der Waals surface area (Å²) in [6.45, 7) is 0.810. The van der Waals surface area contributed by atoms with Crippen molar-refractivity contribution < 1.29 is 14.3 Å². The number of benzene rings is 2. The number of nitrogens with zero attached hydrogens (tertiary/aromatic N) is 2. The number of carbonyl (C=O) groups excluding carboxylic acids is 2. The first-order chi connectivity index (χ1) is 15.5. The largest absolute Gasteiger partial charge is 0.496 e. The summed E-state index contributed by atoms with van der Waals surface area (Å²) in [5, 5.41) is 2.92. The topological polar surface area (TPSA) is 61.9 Å². The van der Waals surface area contributed by atoms with Crippen LogP contribution in [0.4, 0.5) is 11.4 Å². The Morgan fingerprint density at radius 1 is 1.00 bits per heavy atom. The van der Waals surface area contributed by atoms with Crippen molar-refractivity contribution in [2.24, 2.45) is 5.92 Å². The number of anilines is 2. The third-order valence-electron chi connectivity index (χ3n) is 6.84. The van der Waals surface area contributed by atoms with Crippen molar-refractivity contribution in [3.63, 3.8) is 0 Å². The maximum absolute atomic E-state index is 13.4. The molecule has 0 spiro atoms. The third kappa shape index (κ3) is 4.59. The average molecular weight is 436 g/mol. The maximum Gasteiger partial charge on any atom is 0.257 e. The molecule has 1 heterocycles. The molecule has 1 saturated heterocycles. The second kappa shape index (κ2) is 9.63. The quantitative estimate of drug-likeness (QED) is 0.732. The van der Waals surface area contributed by atoms with Crippen molar-refractivity contribution in [3.8, 4) is 5.75 Å². The molecule has 1 aliphatic carbocycles. The minimum absolute atomic E-state index is 0.0376. The SMILES string of the molecule is COc1cc(NC(=O)c2ccc(N(C)C)cc2)ccc1C(=O)N1CCC[C@@H]2CCCC[C@@H]21. The molecule has 0 unspecified atom stereocenters. The Morgan fingerprint density at radius 3 is 2.44 bits per heavy atom. The Bertz CT molecular complexity index is 969. The Hall–Kier alpha value is -3.02. The fourth-order valence-corrected chi connectivity index (χ4v) is 5.09. The van der Waals surface area contributed by atoms with Gasteiger partial charge in [0.25, 0.3) is 11.8 Å². The fraction of sp³-hybridized carbons (Fsp3) is 0.462. The number of hydrogen-bond donors (Lipinski definition) is 1. The van der Waals surface area contributed by atoms with Gasteiger partial charge in [-0.15, -0.1) is 0 Å². The van der Waals surface area contributed by atoms with Gasteiger partial charge in [-0.25, -0.2) is 0 Å². The number of ether oxygens (including phenoxy) is 1. The zero-order valence-electron chi connectivity index (χ0n) is 19.3. The zero-order chi connectivity index (χ0) is 22.7. The lowest BCUT2D eigenvalue weighted by Crippen LogP contribution is -2.49. The summed E-state index contributed by atoms with van der Waals surface area (Å²) in [6, 6.07) is 13.1. The number of fused-ring (bicyclic) bond motifs is 1. The van der Waals surface area contributed by atoms with Crippen molar-refractivity contribution in [3.05, 3.63) is 53.6 Å². The molecule has 2 aromatic carbocycles. The van der Waals surface area contributed by atoms with E-state index in [9.17, 15) is 9.59 Å². The number of amides is 2. The van der Waals surface area contributed by atoms with E-state index in [4.69, 9.17) is 4.74 Å². The average Bonchev–Trinajstić information content (AvgIpc) is 2.83. The van der Waals surface area contributed by atoms with Gasteiger partial charge in [0.05, 0.1) is 12.7 Å². The van der Waals surface area contributed by atoms with E-state index in [-0.39, 0.29) is 11.8 Å². The summed E-state index contributed by atoms with van der Waals surface area (Å²) in [5.41, 5.74) is 2.77. The van der Waals surface area contributed by atoms with E-state index in [1.165, 1.54) is 25.7 Å². The Morgan fingerprint density at radius 2 is 1.72 bits per heavy atom. The highest BCUT2D eigenvalue weighted by Crippen LogP contribution is 2.37. The van der Waals surface area contributed by atoms with Crippen LogP contribution in [0.1, 0.15) is 59.2 Å². The van der Waals surface area contributed by atoms with E-state index >= 15 is 0 Å². The monoisotopic (exact) mass is 435 g/mol. The number of piperidine rings is 1. The molecule has 2 amide bonds. The van der Waals surface area contributed by atoms with Crippen LogP contribution < -0.4 is 15.0 Å². The lowest BCUT2D eigenvalue weighted by Gasteiger charge is -2.44. The minimum atomic E-state index is -0.197. The van der Waals surface area contributed by atoms with Gasteiger partial charge in [0.15, 0.2) is 0 Å². The Balaban J connectivity index is 1.50. The number of hydrogen-bond acceptors (Lipinski definition) is 4. The van der Waals surface area contributed by atoms with Gasteiger partial charge in [-0.2, -0.15) is 0 Å². The summed E-state index contributed by atoms with van der Waals surface area (Å²) >= 11 is 0. The summed E-state index contributed by atoms with van der Waals surface area (Å²) in [5.74, 6) is 0.965. The van der Waals surface area contributed by atoms with Crippen LogP contribution in [0.2, 0.25) is 0 Å². The van der Waals surface area contributed by atoms with Gasteiger partial charge in [0.2, 0.25) is 0 Å². The maximum atomic E-state index is 13.4. The number of methoxy groups -OCH3 is 1. The molecular weight excluding hydrogens is 402 g/mol. The molecule has 2 fully saturated rings. The van der Waals surface area contributed by atoms with Gasteiger partial charge >= 0.3 is 0 Å².